The Morgan fingerprint density at radius 2 is 2.00 bits per heavy atom. The molecule has 0 spiro atoms. The van der Waals surface area contributed by atoms with Crippen molar-refractivity contribution in [2.24, 2.45) is 5.92 Å². The van der Waals surface area contributed by atoms with Crippen molar-refractivity contribution in [3.63, 3.8) is 0 Å². The van der Waals surface area contributed by atoms with E-state index in [0.29, 0.717) is 19.4 Å². The highest BCUT2D eigenvalue weighted by Crippen LogP contribution is 2.24. The first-order valence-corrected chi connectivity index (χ1v) is 7.72. The first-order valence-electron chi connectivity index (χ1n) is 6.28. The molecule has 0 amide bonds. The van der Waals surface area contributed by atoms with E-state index >= 15 is 0 Å². The number of piperidine rings is 1. The van der Waals surface area contributed by atoms with Crippen LogP contribution in [0.25, 0.3) is 0 Å². The molecule has 1 aromatic carbocycles. The van der Waals surface area contributed by atoms with Crippen molar-refractivity contribution in [1.29, 1.82) is 0 Å². The largest absolute Gasteiger partial charge is 0.469 e. The molecule has 1 heterocycles. The first kappa shape index (κ1) is 14.9. The minimum atomic E-state index is -3.69. The third-order valence-corrected chi connectivity index (χ3v) is 5.25. The van der Waals surface area contributed by atoms with Gasteiger partial charge in [0.2, 0.25) is 10.0 Å². The van der Waals surface area contributed by atoms with Crippen LogP contribution >= 0.6 is 0 Å². The molecule has 0 aromatic heterocycles. The molecule has 7 heteroatoms. The minimum absolute atomic E-state index is 0.0319. The molecule has 0 N–H and O–H groups in total. The van der Waals surface area contributed by atoms with Crippen molar-refractivity contribution in [3.05, 3.63) is 30.1 Å². The second-order valence-corrected chi connectivity index (χ2v) is 6.62. The van der Waals surface area contributed by atoms with E-state index in [0.717, 1.165) is 12.1 Å². The topological polar surface area (TPSA) is 63.7 Å². The molecule has 110 valence electrons. The van der Waals surface area contributed by atoms with Crippen LogP contribution in [0.5, 0.6) is 0 Å². The fraction of sp³-hybridized carbons (Fsp3) is 0.462. The molecule has 1 aromatic rings. The van der Waals surface area contributed by atoms with E-state index in [9.17, 15) is 17.6 Å². The Hall–Kier alpha value is -1.47. The Balaban J connectivity index is 2.21. The monoisotopic (exact) mass is 301 g/mol. The molecule has 5 nitrogen and oxygen atoms in total. The van der Waals surface area contributed by atoms with Crippen LogP contribution in [0.2, 0.25) is 0 Å². The molecule has 0 unspecified atom stereocenters. The SMILES string of the molecule is COC(=O)[C@H]1CCCN(S(=O)(=O)c2ccc(F)cc2)C1. The second kappa shape index (κ2) is 5.88. The second-order valence-electron chi connectivity index (χ2n) is 4.68. The summed E-state index contributed by atoms with van der Waals surface area (Å²) in [5, 5.41) is 0. The number of hydrogen-bond acceptors (Lipinski definition) is 4. The molecule has 0 saturated carbocycles. The van der Waals surface area contributed by atoms with Gasteiger partial charge in [0.15, 0.2) is 0 Å². The highest BCUT2D eigenvalue weighted by atomic mass is 32.2. The fourth-order valence-corrected chi connectivity index (χ4v) is 3.80. The summed E-state index contributed by atoms with van der Waals surface area (Å²) in [7, 11) is -2.41. The number of esters is 1. The first-order chi connectivity index (χ1) is 9.45. The van der Waals surface area contributed by atoms with Gasteiger partial charge in [0, 0.05) is 13.1 Å². The van der Waals surface area contributed by atoms with Crippen LogP contribution in [0.4, 0.5) is 4.39 Å². The Bertz CT molecular complexity index is 585. The number of hydrogen-bond donors (Lipinski definition) is 0. The number of nitrogens with zero attached hydrogens (tertiary/aromatic N) is 1. The summed E-state index contributed by atoms with van der Waals surface area (Å²) < 4.78 is 43.6. The van der Waals surface area contributed by atoms with Crippen molar-refractivity contribution in [2.45, 2.75) is 17.7 Å². The molecular weight excluding hydrogens is 285 g/mol. The molecule has 1 aliphatic heterocycles. The summed E-state index contributed by atoms with van der Waals surface area (Å²) in [5.74, 6) is -1.33. The zero-order chi connectivity index (χ0) is 14.8. The molecule has 1 saturated heterocycles. The smallest absolute Gasteiger partial charge is 0.309 e. The number of halogens is 1. The van der Waals surface area contributed by atoms with Crippen molar-refractivity contribution < 1.29 is 22.3 Å². The number of benzene rings is 1. The maximum Gasteiger partial charge on any atom is 0.309 e. The highest BCUT2D eigenvalue weighted by molar-refractivity contribution is 7.89. The Kier molecular flexibility index (Phi) is 4.39. The van der Waals surface area contributed by atoms with Gasteiger partial charge >= 0.3 is 5.97 Å². The van der Waals surface area contributed by atoms with Gasteiger partial charge in [-0.2, -0.15) is 4.31 Å². The zero-order valence-corrected chi connectivity index (χ0v) is 11.9. The fourth-order valence-electron chi connectivity index (χ4n) is 2.28. The lowest BCUT2D eigenvalue weighted by Crippen LogP contribution is -2.42. The van der Waals surface area contributed by atoms with Crippen LogP contribution in [0.15, 0.2) is 29.2 Å². The minimum Gasteiger partial charge on any atom is -0.469 e. The summed E-state index contributed by atoms with van der Waals surface area (Å²) >= 11 is 0. The Morgan fingerprint density at radius 1 is 1.35 bits per heavy atom. The van der Waals surface area contributed by atoms with Crippen molar-refractivity contribution in [2.75, 3.05) is 20.2 Å². The zero-order valence-electron chi connectivity index (χ0n) is 11.1. The maximum atomic E-state index is 12.9. The van der Waals surface area contributed by atoms with Crippen molar-refractivity contribution in [1.82, 2.24) is 4.31 Å². The van der Waals surface area contributed by atoms with Crippen LogP contribution < -0.4 is 0 Å². The van der Waals surface area contributed by atoms with Gasteiger partial charge in [0.25, 0.3) is 0 Å². The standard InChI is InChI=1S/C13H16FNO4S/c1-19-13(16)10-3-2-8-15(9-10)20(17,18)12-6-4-11(14)5-7-12/h4-7,10H,2-3,8-9H2,1H3/t10-/m0/s1. The number of methoxy groups -OCH3 is 1. The molecule has 1 fully saturated rings. The summed E-state index contributed by atoms with van der Waals surface area (Å²) in [6.07, 6.45) is 1.21. The van der Waals surface area contributed by atoms with Gasteiger partial charge in [-0.25, -0.2) is 12.8 Å². The van der Waals surface area contributed by atoms with Gasteiger partial charge in [0.1, 0.15) is 5.82 Å². The summed E-state index contributed by atoms with van der Waals surface area (Å²) in [5.41, 5.74) is 0. The van der Waals surface area contributed by atoms with E-state index in [1.807, 2.05) is 0 Å². The Labute approximate surface area is 117 Å². The molecule has 2 rings (SSSR count). The van der Waals surface area contributed by atoms with Crippen LogP contribution in [-0.2, 0) is 19.6 Å². The van der Waals surface area contributed by atoms with Crippen molar-refractivity contribution >= 4 is 16.0 Å². The molecule has 20 heavy (non-hydrogen) atoms. The summed E-state index contributed by atoms with van der Waals surface area (Å²) in [6.45, 7) is 0.458. The molecule has 1 aliphatic rings. The average Bonchev–Trinajstić information content (AvgIpc) is 2.47. The predicted octanol–water partition coefficient (Wildman–Crippen LogP) is 1.40. The third-order valence-electron chi connectivity index (χ3n) is 3.37. The Morgan fingerprint density at radius 3 is 2.60 bits per heavy atom. The van der Waals surface area contributed by atoms with E-state index in [2.05, 4.69) is 4.74 Å². The molecule has 0 aliphatic carbocycles. The molecule has 0 bridgehead atoms. The van der Waals surface area contributed by atoms with Gasteiger partial charge < -0.3 is 4.74 Å². The van der Waals surface area contributed by atoms with E-state index in [1.165, 1.54) is 23.5 Å². The average molecular weight is 301 g/mol. The van der Waals surface area contributed by atoms with Crippen LogP contribution in [0.3, 0.4) is 0 Å². The quantitative estimate of drug-likeness (QED) is 0.792. The normalized spacial score (nSPS) is 20.6. The van der Waals surface area contributed by atoms with Gasteiger partial charge in [-0.05, 0) is 37.1 Å². The highest BCUT2D eigenvalue weighted by Gasteiger charge is 2.33. The molecular formula is C13H16FNO4S. The van der Waals surface area contributed by atoms with E-state index in [1.54, 1.807) is 0 Å². The number of carbonyl (C=O) groups excluding carboxylic acids is 1. The molecule has 1 atom stereocenters. The summed E-state index contributed by atoms with van der Waals surface area (Å²) in [4.78, 5) is 11.6. The van der Waals surface area contributed by atoms with Crippen LogP contribution in [0.1, 0.15) is 12.8 Å². The van der Waals surface area contributed by atoms with E-state index < -0.39 is 27.7 Å². The maximum absolute atomic E-state index is 12.9. The van der Waals surface area contributed by atoms with Gasteiger partial charge in [0.05, 0.1) is 17.9 Å². The van der Waals surface area contributed by atoms with Crippen LogP contribution in [0, 0.1) is 11.7 Å². The number of carbonyl (C=O) groups is 1. The van der Waals surface area contributed by atoms with E-state index in [4.69, 9.17) is 0 Å². The van der Waals surface area contributed by atoms with Gasteiger partial charge in [-0.15, -0.1) is 0 Å². The lowest BCUT2D eigenvalue weighted by atomic mass is 10.0. The van der Waals surface area contributed by atoms with Gasteiger partial charge in [-0.1, -0.05) is 0 Å². The molecule has 0 radical (unpaired) electrons. The summed E-state index contributed by atoms with van der Waals surface area (Å²) in [6, 6.07) is 4.67. The predicted molar refractivity (Wildman–Crippen MR) is 69.9 cm³/mol. The van der Waals surface area contributed by atoms with Crippen molar-refractivity contribution in [3.8, 4) is 0 Å². The number of ether oxygens (including phenoxy) is 1. The number of rotatable bonds is 3. The lowest BCUT2D eigenvalue weighted by molar-refractivity contribution is -0.146. The van der Waals surface area contributed by atoms with Crippen LogP contribution in [-0.4, -0.2) is 38.9 Å². The van der Waals surface area contributed by atoms with Gasteiger partial charge in [-0.3, -0.25) is 4.79 Å². The number of sulfonamides is 1. The van der Waals surface area contributed by atoms with E-state index in [-0.39, 0.29) is 11.4 Å². The third kappa shape index (κ3) is 2.99. The lowest BCUT2D eigenvalue weighted by Gasteiger charge is -2.30.